The molecule has 1 aliphatic rings. The van der Waals surface area contributed by atoms with E-state index in [1.54, 1.807) is 7.11 Å². The maximum Gasteiger partial charge on any atom is 0.323 e. The van der Waals surface area contributed by atoms with Crippen molar-refractivity contribution in [2.75, 3.05) is 20.3 Å². The molecular formula is C13H25NO3. The SMILES string of the molecule is COCC(C)CNC1(C(=O)O)CCCCCC1. The van der Waals surface area contributed by atoms with Gasteiger partial charge in [0.25, 0.3) is 0 Å². The van der Waals surface area contributed by atoms with Gasteiger partial charge in [-0.1, -0.05) is 32.6 Å². The lowest BCUT2D eigenvalue weighted by atomic mass is 9.89. The lowest BCUT2D eigenvalue weighted by Crippen LogP contribution is -2.53. The number of carboxylic acids is 1. The number of hydrogen-bond acceptors (Lipinski definition) is 3. The van der Waals surface area contributed by atoms with E-state index < -0.39 is 11.5 Å². The van der Waals surface area contributed by atoms with E-state index in [1.807, 2.05) is 0 Å². The number of methoxy groups -OCH3 is 1. The topological polar surface area (TPSA) is 58.6 Å². The van der Waals surface area contributed by atoms with Crippen molar-refractivity contribution in [3.8, 4) is 0 Å². The number of rotatable bonds is 6. The van der Waals surface area contributed by atoms with Gasteiger partial charge in [0.2, 0.25) is 0 Å². The molecule has 0 spiro atoms. The summed E-state index contributed by atoms with van der Waals surface area (Å²) in [6.45, 7) is 3.45. The van der Waals surface area contributed by atoms with Crippen LogP contribution in [0.2, 0.25) is 0 Å². The van der Waals surface area contributed by atoms with Crippen molar-refractivity contribution < 1.29 is 14.6 Å². The van der Waals surface area contributed by atoms with Gasteiger partial charge in [0.15, 0.2) is 0 Å². The molecule has 0 aliphatic heterocycles. The second-order valence-electron chi connectivity index (χ2n) is 5.24. The summed E-state index contributed by atoms with van der Waals surface area (Å²) in [7, 11) is 1.68. The molecular weight excluding hydrogens is 218 g/mol. The highest BCUT2D eigenvalue weighted by atomic mass is 16.5. The highest BCUT2D eigenvalue weighted by Gasteiger charge is 2.38. The minimum absolute atomic E-state index is 0.347. The predicted molar refractivity (Wildman–Crippen MR) is 67.1 cm³/mol. The second kappa shape index (κ2) is 6.97. The summed E-state index contributed by atoms with van der Waals surface area (Å²) in [6.07, 6.45) is 5.84. The van der Waals surface area contributed by atoms with Crippen LogP contribution in [-0.2, 0) is 9.53 Å². The summed E-state index contributed by atoms with van der Waals surface area (Å²) in [5, 5.41) is 12.7. The molecule has 0 heterocycles. The molecule has 100 valence electrons. The van der Waals surface area contributed by atoms with E-state index in [1.165, 1.54) is 0 Å². The molecule has 0 aromatic heterocycles. The van der Waals surface area contributed by atoms with Crippen molar-refractivity contribution >= 4 is 5.97 Å². The first kappa shape index (κ1) is 14.5. The third kappa shape index (κ3) is 4.28. The van der Waals surface area contributed by atoms with Crippen LogP contribution in [0.4, 0.5) is 0 Å². The first-order valence-electron chi connectivity index (χ1n) is 6.58. The number of carboxylic acid groups (broad SMARTS) is 1. The average Bonchev–Trinajstić information content (AvgIpc) is 2.53. The van der Waals surface area contributed by atoms with Crippen LogP contribution in [0.3, 0.4) is 0 Å². The lowest BCUT2D eigenvalue weighted by Gasteiger charge is -2.30. The van der Waals surface area contributed by atoms with Gasteiger partial charge in [0.05, 0.1) is 0 Å². The molecule has 4 heteroatoms. The molecule has 0 saturated heterocycles. The van der Waals surface area contributed by atoms with Crippen molar-refractivity contribution in [2.24, 2.45) is 5.92 Å². The lowest BCUT2D eigenvalue weighted by molar-refractivity contribution is -0.145. The van der Waals surface area contributed by atoms with E-state index in [0.29, 0.717) is 19.1 Å². The molecule has 1 aliphatic carbocycles. The fraction of sp³-hybridized carbons (Fsp3) is 0.923. The summed E-state index contributed by atoms with van der Waals surface area (Å²) < 4.78 is 5.07. The molecule has 0 bridgehead atoms. The number of carbonyl (C=O) groups is 1. The van der Waals surface area contributed by atoms with Gasteiger partial charge in [-0.05, 0) is 18.8 Å². The van der Waals surface area contributed by atoms with Gasteiger partial charge < -0.3 is 15.2 Å². The first-order chi connectivity index (χ1) is 8.10. The largest absolute Gasteiger partial charge is 0.480 e. The molecule has 1 unspecified atom stereocenters. The van der Waals surface area contributed by atoms with Gasteiger partial charge in [-0.15, -0.1) is 0 Å². The molecule has 0 aromatic rings. The minimum Gasteiger partial charge on any atom is -0.480 e. The third-order valence-electron chi connectivity index (χ3n) is 3.61. The highest BCUT2D eigenvalue weighted by Crippen LogP contribution is 2.27. The molecule has 1 rings (SSSR count). The summed E-state index contributed by atoms with van der Waals surface area (Å²) >= 11 is 0. The van der Waals surface area contributed by atoms with Gasteiger partial charge in [-0.2, -0.15) is 0 Å². The normalized spacial score (nSPS) is 21.8. The fourth-order valence-electron chi connectivity index (χ4n) is 2.51. The summed E-state index contributed by atoms with van der Waals surface area (Å²) in [6, 6.07) is 0. The van der Waals surface area contributed by atoms with E-state index in [9.17, 15) is 9.90 Å². The molecule has 4 nitrogen and oxygen atoms in total. The van der Waals surface area contributed by atoms with Gasteiger partial charge in [-0.3, -0.25) is 4.79 Å². The van der Waals surface area contributed by atoms with E-state index in [2.05, 4.69) is 12.2 Å². The van der Waals surface area contributed by atoms with E-state index in [0.717, 1.165) is 38.5 Å². The molecule has 0 radical (unpaired) electrons. The summed E-state index contributed by atoms with van der Waals surface area (Å²) in [5.74, 6) is -0.344. The second-order valence-corrected chi connectivity index (χ2v) is 5.24. The van der Waals surface area contributed by atoms with Crippen molar-refractivity contribution in [2.45, 2.75) is 51.0 Å². The molecule has 1 fully saturated rings. The van der Waals surface area contributed by atoms with Crippen LogP contribution in [0, 0.1) is 5.92 Å². The molecule has 2 N–H and O–H groups in total. The standard InChI is InChI=1S/C13H25NO3/c1-11(10-17-2)9-14-13(12(15)16)7-5-3-4-6-8-13/h11,14H,3-10H2,1-2H3,(H,15,16). The highest BCUT2D eigenvalue weighted by molar-refractivity contribution is 5.78. The Morgan fingerprint density at radius 2 is 1.94 bits per heavy atom. The Labute approximate surface area is 104 Å². The fourth-order valence-corrected chi connectivity index (χ4v) is 2.51. The van der Waals surface area contributed by atoms with Crippen molar-refractivity contribution in [3.05, 3.63) is 0 Å². The van der Waals surface area contributed by atoms with E-state index >= 15 is 0 Å². The number of nitrogens with one attached hydrogen (secondary N) is 1. The zero-order valence-corrected chi connectivity index (χ0v) is 11.0. The molecule has 0 aromatic carbocycles. The van der Waals surface area contributed by atoms with Gasteiger partial charge >= 0.3 is 5.97 Å². The summed E-state index contributed by atoms with van der Waals surface area (Å²) in [4.78, 5) is 11.5. The van der Waals surface area contributed by atoms with Crippen LogP contribution < -0.4 is 5.32 Å². The maximum absolute atomic E-state index is 11.5. The Morgan fingerprint density at radius 3 is 2.41 bits per heavy atom. The smallest absolute Gasteiger partial charge is 0.323 e. The molecule has 17 heavy (non-hydrogen) atoms. The van der Waals surface area contributed by atoms with Crippen LogP contribution in [0.25, 0.3) is 0 Å². The van der Waals surface area contributed by atoms with Crippen molar-refractivity contribution in [1.82, 2.24) is 5.32 Å². The van der Waals surface area contributed by atoms with E-state index in [-0.39, 0.29) is 0 Å². The first-order valence-corrected chi connectivity index (χ1v) is 6.58. The van der Waals surface area contributed by atoms with E-state index in [4.69, 9.17) is 4.74 Å². The molecule has 1 atom stereocenters. The number of hydrogen-bond donors (Lipinski definition) is 2. The Balaban J connectivity index is 2.54. The third-order valence-corrected chi connectivity index (χ3v) is 3.61. The van der Waals surface area contributed by atoms with Crippen LogP contribution in [-0.4, -0.2) is 36.9 Å². The van der Waals surface area contributed by atoms with Gasteiger partial charge in [-0.25, -0.2) is 0 Å². The average molecular weight is 243 g/mol. The Bertz CT molecular complexity index is 235. The number of ether oxygens (including phenoxy) is 1. The van der Waals surface area contributed by atoms with Crippen LogP contribution in [0.1, 0.15) is 45.4 Å². The Morgan fingerprint density at radius 1 is 1.35 bits per heavy atom. The van der Waals surface area contributed by atoms with Crippen molar-refractivity contribution in [3.63, 3.8) is 0 Å². The zero-order chi connectivity index (χ0) is 12.7. The van der Waals surface area contributed by atoms with Crippen molar-refractivity contribution in [1.29, 1.82) is 0 Å². The monoisotopic (exact) mass is 243 g/mol. The van der Waals surface area contributed by atoms with Gasteiger partial charge in [0, 0.05) is 20.3 Å². The van der Waals surface area contributed by atoms with Crippen LogP contribution in [0.5, 0.6) is 0 Å². The quantitative estimate of drug-likeness (QED) is 0.701. The molecule has 0 amide bonds. The van der Waals surface area contributed by atoms with Crippen LogP contribution >= 0.6 is 0 Å². The maximum atomic E-state index is 11.5. The predicted octanol–water partition coefficient (Wildman–Crippen LogP) is 2.04. The zero-order valence-electron chi connectivity index (χ0n) is 11.0. The Hall–Kier alpha value is -0.610. The minimum atomic E-state index is -0.696. The van der Waals surface area contributed by atoms with Gasteiger partial charge in [0.1, 0.15) is 5.54 Å². The Kier molecular flexibility index (Phi) is 5.92. The summed E-state index contributed by atoms with van der Waals surface area (Å²) in [5.41, 5.74) is -0.696. The number of aliphatic carboxylic acids is 1. The molecule has 1 saturated carbocycles. The van der Waals surface area contributed by atoms with Crippen LogP contribution in [0.15, 0.2) is 0 Å².